The second kappa shape index (κ2) is 15.0. The lowest BCUT2D eigenvalue weighted by molar-refractivity contribution is -0.132. The summed E-state index contributed by atoms with van der Waals surface area (Å²) in [6, 6.07) is 14.4. The van der Waals surface area contributed by atoms with E-state index in [4.69, 9.17) is 18.9 Å². The zero-order valence-corrected chi connectivity index (χ0v) is 24.9. The summed E-state index contributed by atoms with van der Waals surface area (Å²) in [7, 11) is 6.30. The highest BCUT2D eigenvalue weighted by molar-refractivity contribution is 7.09. The molecule has 1 N–H and O–H groups in total. The van der Waals surface area contributed by atoms with Crippen molar-refractivity contribution in [2.24, 2.45) is 0 Å². The Labute approximate surface area is 240 Å². The van der Waals surface area contributed by atoms with Gasteiger partial charge in [0.05, 0.1) is 40.7 Å². The van der Waals surface area contributed by atoms with Crippen LogP contribution in [0.1, 0.15) is 30.7 Å². The molecular formula is C30H39N3O6S. The molecule has 1 atom stereocenters. The summed E-state index contributed by atoms with van der Waals surface area (Å²) >= 11 is 1.60. The molecule has 9 nitrogen and oxygen atoms in total. The molecule has 10 heteroatoms. The summed E-state index contributed by atoms with van der Waals surface area (Å²) in [6.07, 6.45) is 1.31. The highest BCUT2D eigenvalue weighted by Crippen LogP contribution is 2.30. The Morgan fingerprint density at radius 3 is 2.30 bits per heavy atom. The highest BCUT2D eigenvalue weighted by atomic mass is 32.1. The first kappa shape index (κ1) is 30.6. The van der Waals surface area contributed by atoms with E-state index in [-0.39, 0.29) is 24.5 Å². The first-order chi connectivity index (χ1) is 19.3. The van der Waals surface area contributed by atoms with Gasteiger partial charge in [0.1, 0.15) is 18.0 Å². The van der Waals surface area contributed by atoms with Crippen LogP contribution in [0.2, 0.25) is 0 Å². The maximum absolute atomic E-state index is 13.7. The van der Waals surface area contributed by atoms with E-state index in [9.17, 15) is 9.59 Å². The topological polar surface area (TPSA) is 89.6 Å². The first-order valence-corrected chi connectivity index (χ1v) is 14.0. The molecule has 0 fully saturated rings. The maximum Gasteiger partial charge on any atom is 0.322 e. The third-order valence-electron chi connectivity index (χ3n) is 6.74. The first-order valence-electron chi connectivity index (χ1n) is 13.1. The summed E-state index contributed by atoms with van der Waals surface area (Å²) in [6.45, 7) is 4.81. The van der Waals surface area contributed by atoms with E-state index in [0.717, 1.165) is 10.4 Å². The summed E-state index contributed by atoms with van der Waals surface area (Å²) in [5, 5.41) is 4.90. The number of nitrogens with one attached hydrogen (secondary N) is 1. The van der Waals surface area contributed by atoms with Gasteiger partial charge in [-0.05, 0) is 61.0 Å². The van der Waals surface area contributed by atoms with Gasteiger partial charge in [0.15, 0.2) is 11.5 Å². The van der Waals surface area contributed by atoms with Gasteiger partial charge in [0.2, 0.25) is 5.91 Å². The molecule has 0 aliphatic heterocycles. The minimum atomic E-state index is -0.373. The molecule has 3 rings (SSSR count). The molecule has 0 aliphatic rings. The van der Waals surface area contributed by atoms with Gasteiger partial charge in [-0.2, -0.15) is 0 Å². The smallest absolute Gasteiger partial charge is 0.322 e. The van der Waals surface area contributed by atoms with Gasteiger partial charge in [-0.3, -0.25) is 4.79 Å². The molecule has 0 spiro atoms. The molecule has 0 saturated carbocycles. The number of carbonyl (C=O) groups excluding carboxylic acids is 2. The Morgan fingerprint density at radius 1 is 0.925 bits per heavy atom. The van der Waals surface area contributed by atoms with Gasteiger partial charge >= 0.3 is 6.03 Å². The van der Waals surface area contributed by atoms with Crippen molar-refractivity contribution >= 4 is 29.0 Å². The fourth-order valence-corrected chi connectivity index (χ4v) is 4.88. The van der Waals surface area contributed by atoms with Crippen LogP contribution in [0.3, 0.4) is 0 Å². The highest BCUT2D eigenvalue weighted by Gasteiger charge is 2.26. The van der Waals surface area contributed by atoms with Gasteiger partial charge in [0, 0.05) is 23.5 Å². The van der Waals surface area contributed by atoms with E-state index >= 15 is 0 Å². The summed E-state index contributed by atoms with van der Waals surface area (Å²) in [5.41, 5.74) is 1.52. The van der Waals surface area contributed by atoms with Crippen molar-refractivity contribution in [1.82, 2.24) is 9.80 Å². The molecular weight excluding hydrogens is 530 g/mol. The van der Waals surface area contributed by atoms with Gasteiger partial charge < -0.3 is 34.1 Å². The number of rotatable bonds is 14. The van der Waals surface area contributed by atoms with Crippen LogP contribution in [0, 0.1) is 0 Å². The molecule has 0 bridgehead atoms. The van der Waals surface area contributed by atoms with Crippen LogP contribution >= 0.6 is 11.3 Å². The number of nitrogens with zero attached hydrogens (tertiary/aromatic N) is 2. The van der Waals surface area contributed by atoms with Crippen LogP contribution in [0.5, 0.6) is 23.0 Å². The minimum Gasteiger partial charge on any atom is -0.497 e. The molecule has 40 heavy (non-hydrogen) atoms. The molecule has 3 amide bonds. The Bertz CT molecular complexity index is 1250. The fraction of sp³-hybridized carbons (Fsp3) is 0.400. The predicted octanol–water partition coefficient (Wildman–Crippen LogP) is 5.69. The van der Waals surface area contributed by atoms with Crippen molar-refractivity contribution < 1.29 is 28.5 Å². The van der Waals surface area contributed by atoms with E-state index in [2.05, 4.69) is 5.32 Å². The van der Waals surface area contributed by atoms with Crippen molar-refractivity contribution in [3.8, 4) is 23.0 Å². The normalized spacial score (nSPS) is 11.3. The third-order valence-corrected chi connectivity index (χ3v) is 7.60. The van der Waals surface area contributed by atoms with E-state index in [0.29, 0.717) is 54.6 Å². The SMILES string of the molecule is CCC(C)N(CC(=O)N(CCc1ccc(OC)c(OC)c1)Cc1cccs1)C(=O)Nc1ccc(OC)cc1OC. The largest absolute Gasteiger partial charge is 0.497 e. The number of urea groups is 1. The average Bonchev–Trinajstić information content (AvgIpc) is 3.50. The number of methoxy groups -OCH3 is 4. The lowest BCUT2D eigenvalue weighted by atomic mass is 10.1. The van der Waals surface area contributed by atoms with Crippen LogP contribution in [0.25, 0.3) is 0 Å². The number of thiophene rings is 1. The lowest BCUT2D eigenvalue weighted by Gasteiger charge is -2.31. The number of hydrogen-bond donors (Lipinski definition) is 1. The molecule has 0 radical (unpaired) electrons. The number of carbonyl (C=O) groups is 2. The van der Waals surface area contributed by atoms with Crippen LogP contribution in [-0.4, -0.2) is 69.3 Å². The summed E-state index contributed by atoms with van der Waals surface area (Å²) in [4.78, 5) is 31.6. The maximum atomic E-state index is 13.7. The molecule has 2 aromatic carbocycles. The van der Waals surface area contributed by atoms with Gasteiger partial charge in [-0.1, -0.05) is 19.1 Å². The Balaban J connectivity index is 1.78. The molecule has 1 unspecified atom stereocenters. The van der Waals surface area contributed by atoms with Crippen molar-refractivity contribution in [3.63, 3.8) is 0 Å². The number of ether oxygens (including phenoxy) is 4. The van der Waals surface area contributed by atoms with Crippen LogP contribution in [0.15, 0.2) is 53.9 Å². The molecule has 216 valence electrons. The molecule has 1 heterocycles. The van der Waals surface area contributed by atoms with E-state index in [1.54, 1.807) is 60.7 Å². The number of hydrogen-bond acceptors (Lipinski definition) is 7. The quantitative estimate of drug-likeness (QED) is 0.269. The van der Waals surface area contributed by atoms with E-state index in [1.807, 2.05) is 49.6 Å². The number of anilines is 1. The molecule has 0 aliphatic carbocycles. The number of amides is 3. The zero-order valence-electron chi connectivity index (χ0n) is 24.1. The zero-order chi connectivity index (χ0) is 29.1. The minimum absolute atomic E-state index is 0.0589. The lowest BCUT2D eigenvalue weighted by Crippen LogP contribution is -2.48. The van der Waals surface area contributed by atoms with Crippen molar-refractivity contribution in [3.05, 3.63) is 64.4 Å². The van der Waals surface area contributed by atoms with Gasteiger partial charge in [0.25, 0.3) is 0 Å². The van der Waals surface area contributed by atoms with Crippen molar-refractivity contribution in [2.45, 2.75) is 39.3 Å². The van der Waals surface area contributed by atoms with E-state index < -0.39 is 0 Å². The number of benzene rings is 2. The summed E-state index contributed by atoms with van der Waals surface area (Å²) in [5.74, 6) is 2.25. The van der Waals surface area contributed by atoms with Crippen LogP contribution in [0.4, 0.5) is 10.5 Å². The Kier molecular flexibility index (Phi) is 11.5. The predicted molar refractivity (Wildman–Crippen MR) is 158 cm³/mol. The Hall–Kier alpha value is -3.92. The van der Waals surface area contributed by atoms with Crippen molar-refractivity contribution in [2.75, 3.05) is 46.8 Å². The molecule has 0 saturated heterocycles. The van der Waals surface area contributed by atoms with Crippen LogP contribution in [-0.2, 0) is 17.8 Å². The Morgan fingerprint density at radius 2 is 1.68 bits per heavy atom. The molecule has 3 aromatic rings. The van der Waals surface area contributed by atoms with Gasteiger partial charge in [-0.15, -0.1) is 11.3 Å². The second-order valence-electron chi connectivity index (χ2n) is 9.22. The second-order valence-corrected chi connectivity index (χ2v) is 10.2. The monoisotopic (exact) mass is 569 g/mol. The summed E-state index contributed by atoms with van der Waals surface area (Å²) < 4.78 is 21.5. The van der Waals surface area contributed by atoms with Crippen LogP contribution < -0.4 is 24.3 Å². The third kappa shape index (κ3) is 8.05. The van der Waals surface area contributed by atoms with Gasteiger partial charge in [-0.25, -0.2) is 4.79 Å². The fourth-order valence-electron chi connectivity index (χ4n) is 4.17. The van der Waals surface area contributed by atoms with E-state index in [1.165, 1.54) is 7.11 Å². The van der Waals surface area contributed by atoms with Crippen molar-refractivity contribution in [1.29, 1.82) is 0 Å². The average molecular weight is 570 g/mol. The standard InChI is InChI=1S/C30H39N3O6S/c1-7-21(2)33(30(35)31-25-12-11-23(36-3)18-27(25)38-5)20-29(34)32(19-24-9-8-16-40-24)15-14-22-10-13-26(37-4)28(17-22)39-6/h8-13,16-18,21H,7,14-15,19-20H2,1-6H3,(H,31,35). The molecule has 1 aromatic heterocycles.